The Bertz CT molecular complexity index is 584. The average Bonchev–Trinajstić information content (AvgIpc) is 2.33. The highest BCUT2D eigenvalue weighted by Crippen LogP contribution is 2.23. The van der Waals surface area contributed by atoms with E-state index in [2.05, 4.69) is 14.8 Å². The van der Waals surface area contributed by atoms with Gasteiger partial charge >= 0.3 is 6.36 Å². The number of halogens is 3. The van der Waals surface area contributed by atoms with Crippen LogP contribution in [0.5, 0.6) is 5.75 Å². The summed E-state index contributed by atoms with van der Waals surface area (Å²) in [7, 11) is -3.86. The highest BCUT2D eigenvalue weighted by Gasteiger charge is 2.31. The molecule has 0 fully saturated rings. The zero-order valence-corrected chi connectivity index (χ0v) is 11.7. The molecule has 0 radical (unpaired) electrons. The maximum atomic E-state index is 12.0. The van der Waals surface area contributed by atoms with Gasteiger partial charge in [0.25, 0.3) is 0 Å². The number of alkyl halides is 3. The summed E-state index contributed by atoms with van der Waals surface area (Å²) in [5, 5.41) is 2.39. The van der Waals surface area contributed by atoms with Crippen LogP contribution in [-0.2, 0) is 14.8 Å². The minimum Gasteiger partial charge on any atom is -0.406 e. The van der Waals surface area contributed by atoms with E-state index >= 15 is 0 Å². The van der Waals surface area contributed by atoms with E-state index in [0.29, 0.717) is 0 Å². The van der Waals surface area contributed by atoms with E-state index in [-0.39, 0.29) is 23.9 Å². The van der Waals surface area contributed by atoms with Gasteiger partial charge in [0.15, 0.2) is 0 Å². The van der Waals surface area contributed by atoms with Crippen LogP contribution in [0.15, 0.2) is 29.2 Å². The van der Waals surface area contributed by atoms with Crippen molar-refractivity contribution < 1.29 is 31.1 Å². The lowest BCUT2D eigenvalue weighted by atomic mass is 10.3. The molecule has 1 rings (SSSR count). The summed E-state index contributed by atoms with van der Waals surface area (Å²) < 4.78 is 65.3. The maximum Gasteiger partial charge on any atom is 0.573 e. The molecule has 21 heavy (non-hydrogen) atoms. The van der Waals surface area contributed by atoms with Crippen molar-refractivity contribution in [3.63, 3.8) is 0 Å². The van der Waals surface area contributed by atoms with Crippen LogP contribution >= 0.6 is 0 Å². The molecule has 0 aliphatic carbocycles. The Hall–Kier alpha value is -1.81. The Morgan fingerprint density at radius 3 is 2.24 bits per heavy atom. The fraction of sp³-hybridized carbons (Fsp3) is 0.364. The van der Waals surface area contributed by atoms with Crippen molar-refractivity contribution in [2.45, 2.75) is 18.2 Å². The van der Waals surface area contributed by atoms with Crippen LogP contribution in [0.4, 0.5) is 13.2 Å². The molecule has 0 atom stereocenters. The number of carbonyl (C=O) groups is 1. The van der Waals surface area contributed by atoms with Crippen molar-refractivity contribution in [3.8, 4) is 5.75 Å². The third kappa shape index (κ3) is 6.45. The normalized spacial score (nSPS) is 12.0. The third-order valence-corrected chi connectivity index (χ3v) is 3.64. The summed E-state index contributed by atoms with van der Waals surface area (Å²) >= 11 is 0. The largest absolute Gasteiger partial charge is 0.573 e. The summed E-state index contributed by atoms with van der Waals surface area (Å²) in [6.07, 6.45) is -4.84. The van der Waals surface area contributed by atoms with E-state index in [4.69, 9.17) is 0 Å². The summed E-state index contributed by atoms with van der Waals surface area (Å²) in [4.78, 5) is 10.4. The van der Waals surface area contributed by atoms with Crippen molar-refractivity contribution in [3.05, 3.63) is 24.3 Å². The van der Waals surface area contributed by atoms with Gasteiger partial charge in [0.05, 0.1) is 4.90 Å². The molecule has 0 unspecified atom stereocenters. The number of carbonyl (C=O) groups excluding carboxylic acids is 1. The monoisotopic (exact) mass is 326 g/mol. The van der Waals surface area contributed by atoms with Crippen molar-refractivity contribution in [2.24, 2.45) is 0 Å². The molecular weight excluding hydrogens is 313 g/mol. The summed E-state index contributed by atoms with van der Waals surface area (Å²) in [5.41, 5.74) is 0. The number of rotatable bonds is 6. The number of benzene rings is 1. The first-order valence-corrected chi connectivity index (χ1v) is 7.18. The fourth-order valence-corrected chi connectivity index (χ4v) is 2.36. The van der Waals surface area contributed by atoms with Gasteiger partial charge in [-0.2, -0.15) is 0 Å². The predicted octanol–water partition coefficient (Wildman–Crippen LogP) is 1.000. The van der Waals surface area contributed by atoms with Crippen LogP contribution in [-0.4, -0.2) is 33.8 Å². The van der Waals surface area contributed by atoms with Crippen LogP contribution in [0.2, 0.25) is 0 Å². The van der Waals surface area contributed by atoms with Gasteiger partial charge in [-0.15, -0.1) is 13.2 Å². The molecule has 1 aromatic carbocycles. The van der Waals surface area contributed by atoms with Gasteiger partial charge in [-0.25, -0.2) is 13.1 Å². The Balaban J connectivity index is 2.65. The summed E-state index contributed by atoms with van der Waals surface area (Å²) in [5.74, 6) is -0.817. The molecule has 6 nitrogen and oxygen atoms in total. The fourth-order valence-electron chi connectivity index (χ4n) is 1.33. The molecule has 0 aliphatic rings. The molecule has 2 N–H and O–H groups in total. The lowest BCUT2D eigenvalue weighted by molar-refractivity contribution is -0.274. The Morgan fingerprint density at radius 2 is 1.76 bits per heavy atom. The quantitative estimate of drug-likeness (QED) is 0.764. The third-order valence-electron chi connectivity index (χ3n) is 2.16. The molecule has 0 bridgehead atoms. The molecule has 0 heterocycles. The van der Waals surface area contributed by atoms with Crippen LogP contribution in [0.3, 0.4) is 0 Å². The van der Waals surface area contributed by atoms with Crippen molar-refractivity contribution in [1.29, 1.82) is 0 Å². The van der Waals surface area contributed by atoms with E-state index in [1.54, 1.807) is 0 Å². The number of hydrogen-bond donors (Lipinski definition) is 2. The highest BCUT2D eigenvalue weighted by atomic mass is 32.2. The topological polar surface area (TPSA) is 84.5 Å². The second kappa shape index (κ2) is 6.76. The first-order chi connectivity index (χ1) is 9.60. The van der Waals surface area contributed by atoms with E-state index in [0.717, 1.165) is 24.3 Å². The van der Waals surface area contributed by atoms with Gasteiger partial charge in [0.1, 0.15) is 5.75 Å². The highest BCUT2D eigenvalue weighted by molar-refractivity contribution is 7.89. The number of nitrogens with one attached hydrogen (secondary N) is 2. The van der Waals surface area contributed by atoms with Crippen molar-refractivity contribution >= 4 is 15.9 Å². The molecule has 10 heteroatoms. The van der Waals surface area contributed by atoms with E-state index in [1.807, 2.05) is 0 Å². The van der Waals surface area contributed by atoms with Crippen molar-refractivity contribution in [1.82, 2.24) is 10.0 Å². The number of amides is 1. The molecule has 0 aromatic heterocycles. The van der Waals surface area contributed by atoms with E-state index < -0.39 is 22.1 Å². The Kier molecular flexibility index (Phi) is 5.55. The van der Waals surface area contributed by atoms with Crippen LogP contribution in [0.1, 0.15) is 6.92 Å². The molecule has 0 saturated heterocycles. The van der Waals surface area contributed by atoms with Crippen LogP contribution < -0.4 is 14.8 Å². The summed E-state index contributed by atoms with van der Waals surface area (Å²) in [6.45, 7) is 1.35. The first-order valence-electron chi connectivity index (χ1n) is 5.70. The number of hydrogen-bond acceptors (Lipinski definition) is 4. The Morgan fingerprint density at radius 1 is 1.19 bits per heavy atom. The van der Waals surface area contributed by atoms with E-state index in [9.17, 15) is 26.4 Å². The van der Waals surface area contributed by atoms with Crippen LogP contribution in [0.25, 0.3) is 0 Å². The average molecular weight is 326 g/mol. The lowest BCUT2D eigenvalue weighted by Crippen LogP contribution is -2.33. The summed E-state index contributed by atoms with van der Waals surface area (Å²) in [6, 6.07) is 3.77. The lowest BCUT2D eigenvalue weighted by Gasteiger charge is -2.10. The standard InChI is InChI=1S/C11H13F3N2O4S/c1-8(17)15-6-7-16-21(18,19)10-4-2-9(3-5-10)20-11(12,13)14/h2-5,16H,6-7H2,1H3,(H,15,17). The number of ether oxygens (including phenoxy) is 1. The zero-order chi connectivity index (χ0) is 16.1. The molecule has 118 valence electrons. The molecule has 0 aliphatic heterocycles. The second-order valence-electron chi connectivity index (χ2n) is 3.90. The number of sulfonamides is 1. The van der Waals surface area contributed by atoms with Gasteiger partial charge in [-0.1, -0.05) is 0 Å². The minimum absolute atomic E-state index is 0.0390. The molecule has 0 saturated carbocycles. The van der Waals surface area contributed by atoms with Gasteiger partial charge in [0.2, 0.25) is 15.9 Å². The first kappa shape index (κ1) is 17.2. The predicted molar refractivity (Wildman–Crippen MR) is 67.0 cm³/mol. The molecule has 1 aromatic rings. The molecule has 1 amide bonds. The molecular formula is C11H13F3N2O4S. The van der Waals surface area contributed by atoms with E-state index in [1.165, 1.54) is 6.92 Å². The molecule has 0 spiro atoms. The van der Waals surface area contributed by atoms with Gasteiger partial charge < -0.3 is 10.1 Å². The Labute approximate surface area is 119 Å². The van der Waals surface area contributed by atoms with Crippen LogP contribution in [0, 0.1) is 0 Å². The minimum atomic E-state index is -4.84. The second-order valence-corrected chi connectivity index (χ2v) is 5.67. The van der Waals surface area contributed by atoms with Gasteiger partial charge in [-0.3, -0.25) is 4.79 Å². The maximum absolute atomic E-state index is 12.0. The zero-order valence-electron chi connectivity index (χ0n) is 10.9. The van der Waals surface area contributed by atoms with Crippen molar-refractivity contribution in [2.75, 3.05) is 13.1 Å². The van der Waals surface area contributed by atoms with Gasteiger partial charge in [-0.05, 0) is 24.3 Å². The smallest absolute Gasteiger partial charge is 0.406 e. The van der Waals surface area contributed by atoms with Gasteiger partial charge in [0, 0.05) is 20.0 Å². The SMILES string of the molecule is CC(=O)NCCNS(=O)(=O)c1ccc(OC(F)(F)F)cc1.